The van der Waals surface area contributed by atoms with Gasteiger partial charge in [0.05, 0.1) is 6.61 Å². The van der Waals surface area contributed by atoms with Crippen molar-refractivity contribution >= 4 is 11.6 Å². The summed E-state index contributed by atoms with van der Waals surface area (Å²) >= 11 is 6.28. The highest BCUT2D eigenvalue weighted by Gasteiger charge is 2.21. The van der Waals surface area contributed by atoms with Crippen molar-refractivity contribution in [3.63, 3.8) is 0 Å². The smallest absolute Gasteiger partial charge is 0.125 e. The maximum atomic E-state index is 6.28. The van der Waals surface area contributed by atoms with Gasteiger partial charge in [0.25, 0.3) is 0 Å². The molecule has 0 heterocycles. The molecule has 2 nitrogen and oxygen atoms in total. The summed E-state index contributed by atoms with van der Waals surface area (Å²) in [6.07, 6.45) is 3.93. The van der Waals surface area contributed by atoms with E-state index in [2.05, 4.69) is 19.2 Å². The number of rotatable bonds is 8. The second kappa shape index (κ2) is 7.16. The molecule has 1 aromatic carbocycles. The highest BCUT2D eigenvalue weighted by atomic mass is 35.5. The molecule has 0 aromatic heterocycles. The maximum Gasteiger partial charge on any atom is 0.125 e. The third-order valence-electron chi connectivity index (χ3n) is 3.41. The van der Waals surface area contributed by atoms with Crippen LogP contribution < -0.4 is 10.1 Å². The van der Waals surface area contributed by atoms with Gasteiger partial charge in [-0.1, -0.05) is 44.4 Å². The zero-order valence-corrected chi connectivity index (χ0v) is 12.7. The number of benzene rings is 1. The highest BCUT2D eigenvalue weighted by Crippen LogP contribution is 2.33. The van der Waals surface area contributed by atoms with Gasteiger partial charge in [-0.3, -0.25) is 0 Å². The van der Waals surface area contributed by atoms with E-state index in [-0.39, 0.29) is 0 Å². The van der Waals surface area contributed by atoms with E-state index in [1.807, 2.05) is 18.2 Å². The fourth-order valence-electron chi connectivity index (χ4n) is 2.07. The van der Waals surface area contributed by atoms with Crippen molar-refractivity contribution in [3.8, 4) is 5.75 Å². The summed E-state index contributed by atoms with van der Waals surface area (Å²) in [6.45, 7) is 6.98. The molecule has 1 saturated carbocycles. The van der Waals surface area contributed by atoms with Crippen molar-refractivity contribution in [1.82, 2.24) is 5.32 Å². The van der Waals surface area contributed by atoms with E-state index in [4.69, 9.17) is 16.3 Å². The second-order valence-corrected chi connectivity index (χ2v) is 6.23. The topological polar surface area (TPSA) is 21.3 Å². The monoisotopic (exact) mass is 281 g/mol. The summed E-state index contributed by atoms with van der Waals surface area (Å²) in [5.74, 6) is 2.48. The number of hydrogen-bond donors (Lipinski definition) is 1. The van der Waals surface area contributed by atoms with Crippen LogP contribution in [0.15, 0.2) is 18.2 Å². The number of nitrogens with one attached hydrogen (secondary N) is 1. The van der Waals surface area contributed by atoms with Gasteiger partial charge in [-0.05, 0) is 36.9 Å². The number of halogens is 1. The molecule has 0 spiro atoms. The predicted molar refractivity (Wildman–Crippen MR) is 80.8 cm³/mol. The Kier molecular flexibility index (Phi) is 5.53. The largest absolute Gasteiger partial charge is 0.493 e. The van der Waals surface area contributed by atoms with E-state index in [0.717, 1.165) is 41.9 Å². The van der Waals surface area contributed by atoms with E-state index < -0.39 is 0 Å². The van der Waals surface area contributed by atoms with Gasteiger partial charge in [0, 0.05) is 17.1 Å². The maximum absolute atomic E-state index is 6.28. The van der Waals surface area contributed by atoms with E-state index in [1.165, 1.54) is 19.3 Å². The van der Waals surface area contributed by atoms with Crippen LogP contribution in [0.5, 0.6) is 5.75 Å². The van der Waals surface area contributed by atoms with Crippen LogP contribution in [0.1, 0.15) is 38.7 Å². The van der Waals surface area contributed by atoms with Crippen LogP contribution in [0, 0.1) is 11.8 Å². The zero-order chi connectivity index (χ0) is 13.7. The normalized spacial score (nSPS) is 14.9. The van der Waals surface area contributed by atoms with Crippen molar-refractivity contribution in [2.24, 2.45) is 11.8 Å². The van der Waals surface area contributed by atoms with Gasteiger partial charge in [-0.2, -0.15) is 0 Å². The van der Waals surface area contributed by atoms with Gasteiger partial charge in [-0.15, -0.1) is 0 Å². The van der Waals surface area contributed by atoms with Crippen molar-refractivity contribution in [2.75, 3.05) is 13.2 Å². The Morgan fingerprint density at radius 1 is 1.37 bits per heavy atom. The lowest BCUT2D eigenvalue weighted by Crippen LogP contribution is -2.19. The SMILES string of the molecule is CC(C)CNCc1c(Cl)cccc1OCCC1CC1. The van der Waals surface area contributed by atoms with Crippen LogP contribution in [0.2, 0.25) is 5.02 Å². The standard InChI is InChI=1S/C16H24ClNO/c1-12(2)10-18-11-14-15(17)4-3-5-16(14)19-9-8-13-6-7-13/h3-5,12-13,18H,6-11H2,1-2H3. The van der Waals surface area contributed by atoms with Crippen LogP contribution in [-0.4, -0.2) is 13.2 Å². The Morgan fingerprint density at radius 2 is 2.16 bits per heavy atom. The van der Waals surface area contributed by atoms with Crippen molar-refractivity contribution in [2.45, 2.75) is 39.7 Å². The van der Waals surface area contributed by atoms with Gasteiger partial charge in [-0.25, -0.2) is 0 Å². The Hall–Kier alpha value is -0.730. The average molecular weight is 282 g/mol. The van der Waals surface area contributed by atoms with Crippen LogP contribution in [0.4, 0.5) is 0 Å². The first-order valence-corrected chi connectivity index (χ1v) is 7.65. The minimum absolute atomic E-state index is 0.640. The molecule has 1 N–H and O–H groups in total. The van der Waals surface area contributed by atoms with E-state index in [9.17, 15) is 0 Å². The highest BCUT2D eigenvalue weighted by molar-refractivity contribution is 6.31. The molecule has 1 aromatic rings. The summed E-state index contributed by atoms with van der Waals surface area (Å²) < 4.78 is 5.90. The summed E-state index contributed by atoms with van der Waals surface area (Å²) in [5, 5.41) is 4.22. The van der Waals surface area contributed by atoms with Gasteiger partial charge in [0.15, 0.2) is 0 Å². The molecule has 19 heavy (non-hydrogen) atoms. The third kappa shape index (κ3) is 5.04. The second-order valence-electron chi connectivity index (χ2n) is 5.82. The zero-order valence-electron chi connectivity index (χ0n) is 11.9. The van der Waals surface area contributed by atoms with Crippen molar-refractivity contribution in [1.29, 1.82) is 0 Å². The van der Waals surface area contributed by atoms with Crippen molar-refractivity contribution in [3.05, 3.63) is 28.8 Å². The predicted octanol–water partition coefficient (Wildman–Crippen LogP) is 4.26. The number of hydrogen-bond acceptors (Lipinski definition) is 2. The molecule has 1 aliphatic rings. The quantitative estimate of drug-likeness (QED) is 0.768. The molecule has 3 heteroatoms. The van der Waals surface area contributed by atoms with Gasteiger partial charge >= 0.3 is 0 Å². The molecule has 0 bridgehead atoms. The van der Waals surface area contributed by atoms with Gasteiger partial charge in [0.1, 0.15) is 5.75 Å². The van der Waals surface area contributed by atoms with E-state index in [0.29, 0.717) is 5.92 Å². The fraction of sp³-hybridized carbons (Fsp3) is 0.625. The molecule has 0 unspecified atom stereocenters. The minimum atomic E-state index is 0.640. The average Bonchev–Trinajstić information content (AvgIpc) is 3.16. The minimum Gasteiger partial charge on any atom is -0.493 e. The van der Waals surface area contributed by atoms with E-state index in [1.54, 1.807) is 0 Å². The molecular weight excluding hydrogens is 258 g/mol. The Balaban J connectivity index is 1.89. The molecule has 0 radical (unpaired) electrons. The lowest BCUT2D eigenvalue weighted by Gasteiger charge is -2.14. The van der Waals surface area contributed by atoms with Crippen LogP contribution in [-0.2, 0) is 6.54 Å². The lowest BCUT2D eigenvalue weighted by molar-refractivity contribution is 0.298. The molecule has 1 aliphatic carbocycles. The van der Waals surface area contributed by atoms with Crippen LogP contribution >= 0.6 is 11.6 Å². The van der Waals surface area contributed by atoms with Crippen LogP contribution in [0.25, 0.3) is 0 Å². The van der Waals surface area contributed by atoms with Gasteiger partial charge < -0.3 is 10.1 Å². The molecule has 0 aliphatic heterocycles. The van der Waals surface area contributed by atoms with E-state index >= 15 is 0 Å². The molecule has 1 fully saturated rings. The summed E-state index contributed by atoms with van der Waals surface area (Å²) in [6, 6.07) is 5.91. The molecule has 0 amide bonds. The van der Waals surface area contributed by atoms with Crippen molar-refractivity contribution < 1.29 is 4.74 Å². The number of ether oxygens (including phenoxy) is 1. The first kappa shape index (κ1) is 14.7. The first-order valence-electron chi connectivity index (χ1n) is 7.27. The molecular formula is C16H24ClNO. The summed E-state index contributed by atoms with van der Waals surface area (Å²) in [5.41, 5.74) is 1.08. The van der Waals surface area contributed by atoms with Crippen LogP contribution in [0.3, 0.4) is 0 Å². The molecule has 0 atom stereocenters. The summed E-state index contributed by atoms with van der Waals surface area (Å²) in [7, 11) is 0. The third-order valence-corrected chi connectivity index (χ3v) is 3.76. The Bertz CT molecular complexity index is 402. The summed E-state index contributed by atoms with van der Waals surface area (Å²) in [4.78, 5) is 0. The fourth-order valence-corrected chi connectivity index (χ4v) is 2.31. The first-order chi connectivity index (χ1) is 9.16. The Labute approximate surface area is 121 Å². The lowest BCUT2D eigenvalue weighted by atomic mass is 10.1. The Morgan fingerprint density at radius 3 is 2.84 bits per heavy atom. The van der Waals surface area contributed by atoms with Gasteiger partial charge in [0.2, 0.25) is 0 Å². The molecule has 106 valence electrons. The molecule has 0 saturated heterocycles. The molecule has 2 rings (SSSR count).